The summed E-state index contributed by atoms with van der Waals surface area (Å²) in [5, 5.41) is 9.99. The van der Waals surface area contributed by atoms with E-state index in [4.69, 9.17) is 0 Å². The Morgan fingerprint density at radius 1 is 1.25 bits per heavy atom. The van der Waals surface area contributed by atoms with E-state index < -0.39 is 0 Å². The van der Waals surface area contributed by atoms with Gasteiger partial charge < -0.3 is 10.2 Å². The Morgan fingerprint density at radius 3 is 2.62 bits per heavy atom. The number of pyridine rings is 1. The van der Waals surface area contributed by atoms with Crippen molar-refractivity contribution in [3.8, 4) is 0 Å². The molecular formula is C18H25N5O. The molecular weight excluding hydrogens is 302 g/mol. The smallest absolute Gasteiger partial charge is 0.228 e. The molecule has 128 valence electrons. The standard InChI is InChI=1S/C18H25N5O/c1-12-9-15(11-19-18(12)23-7-5-4-6-8-23)20-17(24)10-16-13(2)21-22-14(16)3/h9,11H,4-8,10H2,1-3H3,(H,20,24)(H,21,22). The highest BCUT2D eigenvalue weighted by Gasteiger charge is 2.16. The van der Waals surface area contributed by atoms with Gasteiger partial charge in [0.2, 0.25) is 5.91 Å². The number of rotatable bonds is 4. The minimum absolute atomic E-state index is 0.0467. The van der Waals surface area contributed by atoms with E-state index in [2.05, 4.69) is 32.3 Å². The lowest BCUT2D eigenvalue weighted by Gasteiger charge is -2.29. The monoisotopic (exact) mass is 327 g/mol. The van der Waals surface area contributed by atoms with E-state index in [1.54, 1.807) is 6.20 Å². The van der Waals surface area contributed by atoms with Crippen molar-refractivity contribution in [3.05, 3.63) is 34.8 Å². The molecule has 0 atom stereocenters. The van der Waals surface area contributed by atoms with Gasteiger partial charge in [-0.3, -0.25) is 9.89 Å². The number of aromatic amines is 1. The topological polar surface area (TPSA) is 73.9 Å². The number of aryl methyl sites for hydroxylation is 3. The number of hydrogen-bond donors (Lipinski definition) is 2. The second-order valence-electron chi connectivity index (χ2n) is 6.55. The van der Waals surface area contributed by atoms with E-state index in [1.807, 2.05) is 19.9 Å². The summed E-state index contributed by atoms with van der Waals surface area (Å²) < 4.78 is 0. The fraction of sp³-hybridized carbons (Fsp3) is 0.500. The number of H-pyrrole nitrogens is 1. The van der Waals surface area contributed by atoms with Gasteiger partial charge in [-0.25, -0.2) is 4.98 Å². The summed E-state index contributed by atoms with van der Waals surface area (Å²) in [5.74, 6) is 0.990. The van der Waals surface area contributed by atoms with Crippen molar-refractivity contribution in [2.45, 2.75) is 46.5 Å². The molecule has 0 aliphatic carbocycles. The highest BCUT2D eigenvalue weighted by molar-refractivity contribution is 5.92. The summed E-state index contributed by atoms with van der Waals surface area (Å²) in [4.78, 5) is 19.2. The summed E-state index contributed by atoms with van der Waals surface area (Å²) in [5.41, 5.74) is 4.62. The van der Waals surface area contributed by atoms with E-state index in [0.717, 1.165) is 47.1 Å². The predicted molar refractivity (Wildman–Crippen MR) is 95.4 cm³/mol. The average molecular weight is 327 g/mol. The Morgan fingerprint density at radius 2 is 2.00 bits per heavy atom. The minimum atomic E-state index is -0.0467. The third-order valence-corrected chi connectivity index (χ3v) is 4.61. The van der Waals surface area contributed by atoms with Crippen LogP contribution >= 0.6 is 0 Å². The van der Waals surface area contributed by atoms with Gasteiger partial charge in [-0.2, -0.15) is 5.10 Å². The molecule has 6 nitrogen and oxygen atoms in total. The fourth-order valence-electron chi connectivity index (χ4n) is 3.27. The van der Waals surface area contributed by atoms with Gasteiger partial charge in [0.15, 0.2) is 0 Å². The number of carbonyl (C=O) groups is 1. The van der Waals surface area contributed by atoms with Gasteiger partial charge in [0.05, 0.1) is 24.0 Å². The molecule has 2 aromatic heterocycles. The van der Waals surface area contributed by atoms with Crippen LogP contribution in [-0.4, -0.2) is 34.2 Å². The Hall–Kier alpha value is -2.37. The molecule has 3 heterocycles. The molecule has 0 spiro atoms. The first-order valence-corrected chi connectivity index (χ1v) is 8.56. The molecule has 2 aromatic rings. The quantitative estimate of drug-likeness (QED) is 0.905. The summed E-state index contributed by atoms with van der Waals surface area (Å²) in [7, 11) is 0. The Bertz CT molecular complexity index is 712. The van der Waals surface area contributed by atoms with Crippen molar-refractivity contribution in [3.63, 3.8) is 0 Å². The lowest BCUT2D eigenvalue weighted by Crippen LogP contribution is -2.30. The van der Waals surface area contributed by atoms with Crippen LogP contribution in [0.1, 0.15) is 41.8 Å². The molecule has 0 saturated carbocycles. The fourth-order valence-corrected chi connectivity index (χ4v) is 3.27. The molecule has 0 unspecified atom stereocenters. The number of aromatic nitrogens is 3. The van der Waals surface area contributed by atoms with Gasteiger partial charge in [-0.15, -0.1) is 0 Å². The SMILES string of the molecule is Cc1cc(NC(=O)Cc2c(C)n[nH]c2C)cnc1N1CCCCC1. The first-order chi connectivity index (χ1) is 11.5. The molecule has 1 saturated heterocycles. The van der Waals surface area contributed by atoms with Crippen molar-refractivity contribution >= 4 is 17.4 Å². The average Bonchev–Trinajstić information content (AvgIpc) is 2.88. The van der Waals surface area contributed by atoms with E-state index in [-0.39, 0.29) is 5.91 Å². The van der Waals surface area contributed by atoms with Crippen LogP contribution in [0.2, 0.25) is 0 Å². The number of nitrogens with one attached hydrogen (secondary N) is 2. The number of piperidine rings is 1. The van der Waals surface area contributed by atoms with Crippen LogP contribution < -0.4 is 10.2 Å². The molecule has 0 aromatic carbocycles. The van der Waals surface area contributed by atoms with Crippen LogP contribution in [0.4, 0.5) is 11.5 Å². The maximum atomic E-state index is 12.3. The number of amides is 1. The second kappa shape index (κ2) is 7.03. The molecule has 0 bridgehead atoms. The molecule has 1 fully saturated rings. The molecule has 24 heavy (non-hydrogen) atoms. The summed E-state index contributed by atoms with van der Waals surface area (Å²) in [6.07, 6.45) is 5.83. The first kappa shape index (κ1) is 16.5. The zero-order valence-corrected chi connectivity index (χ0v) is 14.6. The lowest BCUT2D eigenvalue weighted by atomic mass is 10.1. The largest absolute Gasteiger partial charge is 0.356 e. The van der Waals surface area contributed by atoms with E-state index in [1.165, 1.54) is 19.3 Å². The van der Waals surface area contributed by atoms with Gasteiger partial charge in [-0.05, 0) is 51.7 Å². The molecule has 1 aliphatic heterocycles. The van der Waals surface area contributed by atoms with Crippen LogP contribution in [0.3, 0.4) is 0 Å². The summed E-state index contributed by atoms with van der Waals surface area (Å²) in [6, 6.07) is 2.00. The molecule has 3 rings (SSSR count). The number of hydrogen-bond acceptors (Lipinski definition) is 4. The van der Waals surface area contributed by atoms with E-state index in [0.29, 0.717) is 6.42 Å². The number of nitrogens with zero attached hydrogens (tertiary/aromatic N) is 3. The molecule has 1 amide bonds. The molecule has 1 aliphatic rings. The van der Waals surface area contributed by atoms with Crippen LogP contribution in [0, 0.1) is 20.8 Å². The van der Waals surface area contributed by atoms with Crippen molar-refractivity contribution in [1.29, 1.82) is 0 Å². The van der Waals surface area contributed by atoms with Crippen LogP contribution in [0.15, 0.2) is 12.3 Å². The number of carbonyl (C=O) groups excluding carboxylic acids is 1. The Kier molecular flexibility index (Phi) is 4.83. The van der Waals surface area contributed by atoms with Gasteiger partial charge in [0.1, 0.15) is 5.82 Å². The van der Waals surface area contributed by atoms with Gasteiger partial charge in [0, 0.05) is 24.3 Å². The zero-order chi connectivity index (χ0) is 17.1. The second-order valence-corrected chi connectivity index (χ2v) is 6.55. The first-order valence-electron chi connectivity index (χ1n) is 8.56. The third kappa shape index (κ3) is 3.58. The summed E-state index contributed by atoms with van der Waals surface area (Å²) >= 11 is 0. The normalized spacial score (nSPS) is 14.7. The predicted octanol–water partition coefficient (Wildman–Crippen LogP) is 2.90. The Labute approximate surface area is 142 Å². The van der Waals surface area contributed by atoms with Gasteiger partial charge >= 0.3 is 0 Å². The maximum Gasteiger partial charge on any atom is 0.228 e. The van der Waals surface area contributed by atoms with Gasteiger partial charge in [0.25, 0.3) is 0 Å². The van der Waals surface area contributed by atoms with Gasteiger partial charge in [-0.1, -0.05) is 0 Å². The Balaban J connectivity index is 1.67. The maximum absolute atomic E-state index is 12.3. The van der Waals surface area contributed by atoms with E-state index >= 15 is 0 Å². The van der Waals surface area contributed by atoms with E-state index in [9.17, 15) is 4.79 Å². The highest BCUT2D eigenvalue weighted by atomic mass is 16.1. The van der Waals surface area contributed by atoms with Crippen molar-refractivity contribution < 1.29 is 4.79 Å². The van der Waals surface area contributed by atoms with Crippen LogP contribution in [-0.2, 0) is 11.2 Å². The molecule has 0 radical (unpaired) electrons. The molecule has 2 N–H and O–H groups in total. The van der Waals surface area contributed by atoms with Crippen molar-refractivity contribution in [1.82, 2.24) is 15.2 Å². The van der Waals surface area contributed by atoms with Crippen molar-refractivity contribution in [2.75, 3.05) is 23.3 Å². The van der Waals surface area contributed by atoms with Crippen LogP contribution in [0.5, 0.6) is 0 Å². The third-order valence-electron chi connectivity index (χ3n) is 4.61. The highest BCUT2D eigenvalue weighted by Crippen LogP contribution is 2.23. The lowest BCUT2D eigenvalue weighted by molar-refractivity contribution is -0.115. The zero-order valence-electron chi connectivity index (χ0n) is 14.6. The summed E-state index contributed by atoms with van der Waals surface area (Å²) in [6.45, 7) is 8.03. The molecule has 6 heteroatoms. The van der Waals surface area contributed by atoms with Crippen LogP contribution in [0.25, 0.3) is 0 Å². The minimum Gasteiger partial charge on any atom is -0.356 e. The number of anilines is 2. The van der Waals surface area contributed by atoms with Crippen molar-refractivity contribution in [2.24, 2.45) is 0 Å².